The van der Waals surface area contributed by atoms with Gasteiger partial charge in [0, 0.05) is 13.0 Å². The van der Waals surface area contributed by atoms with E-state index in [1.165, 1.54) is 6.07 Å². The smallest absolute Gasteiger partial charge is 0.211 e. The third-order valence-electron chi connectivity index (χ3n) is 2.51. The van der Waals surface area contributed by atoms with Crippen LogP contribution in [0.15, 0.2) is 29.2 Å². The molecule has 0 bridgehead atoms. The Morgan fingerprint density at radius 2 is 1.95 bits per heavy atom. The van der Waals surface area contributed by atoms with Gasteiger partial charge >= 0.3 is 6.18 Å². The van der Waals surface area contributed by atoms with Crippen LogP contribution in [0.25, 0.3) is 0 Å². The van der Waals surface area contributed by atoms with Crippen LogP contribution in [0.3, 0.4) is 0 Å². The summed E-state index contributed by atoms with van der Waals surface area (Å²) in [5.41, 5.74) is -1.21. The number of rotatable bonds is 5. The molecule has 0 atom stereocenters. The Balaban J connectivity index is 2.16. The van der Waals surface area contributed by atoms with Gasteiger partial charge in [-0.05, 0) is 12.1 Å². The van der Waals surface area contributed by atoms with Crippen LogP contribution < -0.4 is 4.72 Å². The van der Waals surface area contributed by atoms with E-state index in [1.807, 2.05) is 0 Å². The number of tetrazole rings is 1. The van der Waals surface area contributed by atoms with Gasteiger partial charge in [0.25, 0.3) is 0 Å². The minimum absolute atomic E-state index is 0.101. The highest BCUT2D eigenvalue weighted by atomic mass is 32.2. The summed E-state index contributed by atoms with van der Waals surface area (Å²) in [5, 5.41) is 12.7. The number of aromatic nitrogens is 4. The maximum Gasteiger partial charge on any atom is 0.417 e. The zero-order chi connectivity index (χ0) is 15.5. The van der Waals surface area contributed by atoms with Crippen molar-refractivity contribution < 1.29 is 21.6 Å². The lowest BCUT2D eigenvalue weighted by Crippen LogP contribution is -2.28. The number of halogens is 3. The third-order valence-corrected chi connectivity index (χ3v) is 4.03. The van der Waals surface area contributed by atoms with Crippen LogP contribution in [0.4, 0.5) is 13.2 Å². The lowest BCUT2D eigenvalue weighted by Gasteiger charge is -2.13. The molecule has 7 nitrogen and oxygen atoms in total. The minimum atomic E-state index is -4.75. The fourth-order valence-corrected chi connectivity index (χ4v) is 2.86. The first kappa shape index (κ1) is 15.4. The molecule has 1 heterocycles. The number of alkyl halides is 3. The van der Waals surface area contributed by atoms with Crippen LogP contribution in [-0.2, 0) is 22.6 Å². The molecule has 0 aliphatic carbocycles. The molecule has 0 aliphatic rings. The molecule has 0 saturated heterocycles. The van der Waals surface area contributed by atoms with Crippen molar-refractivity contribution >= 4 is 10.0 Å². The molecule has 2 rings (SSSR count). The number of hydrogen-bond acceptors (Lipinski definition) is 5. The van der Waals surface area contributed by atoms with Gasteiger partial charge in [0.15, 0.2) is 5.82 Å². The first-order chi connectivity index (χ1) is 9.81. The Morgan fingerprint density at radius 1 is 1.24 bits per heavy atom. The first-order valence-corrected chi connectivity index (χ1v) is 7.17. The number of hydrogen-bond donors (Lipinski definition) is 2. The number of nitrogens with one attached hydrogen (secondary N) is 2. The zero-order valence-corrected chi connectivity index (χ0v) is 11.2. The topological polar surface area (TPSA) is 101 Å². The van der Waals surface area contributed by atoms with Gasteiger partial charge in [-0.2, -0.15) is 18.4 Å². The predicted octanol–water partition coefficient (Wildman–Crippen LogP) is 0.739. The van der Waals surface area contributed by atoms with E-state index in [2.05, 4.69) is 25.3 Å². The quantitative estimate of drug-likeness (QED) is 0.846. The fourth-order valence-electron chi connectivity index (χ4n) is 1.60. The molecular weight excluding hydrogens is 311 g/mol. The van der Waals surface area contributed by atoms with Crippen molar-refractivity contribution in [3.05, 3.63) is 35.7 Å². The average Bonchev–Trinajstić information content (AvgIpc) is 2.91. The van der Waals surface area contributed by atoms with Gasteiger partial charge < -0.3 is 0 Å². The summed E-state index contributed by atoms with van der Waals surface area (Å²) < 4.78 is 64.4. The van der Waals surface area contributed by atoms with Crippen molar-refractivity contribution in [2.24, 2.45) is 0 Å². The Bertz CT molecular complexity index is 700. The van der Waals surface area contributed by atoms with Gasteiger partial charge in [-0.1, -0.05) is 17.3 Å². The lowest BCUT2D eigenvalue weighted by atomic mass is 10.2. The summed E-state index contributed by atoms with van der Waals surface area (Å²) in [6, 6.07) is 3.97. The largest absolute Gasteiger partial charge is 0.417 e. The highest BCUT2D eigenvalue weighted by molar-refractivity contribution is 7.89. The fraction of sp³-hybridized carbons (Fsp3) is 0.300. The van der Waals surface area contributed by atoms with Crippen LogP contribution in [0, 0.1) is 0 Å². The van der Waals surface area contributed by atoms with Gasteiger partial charge in [0.2, 0.25) is 10.0 Å². The normalized spacial score (nSPS) is 12.5. The lowest BCUT2D eigenvalue weighted by molar-refractivity contribution is -0.139. The SMILES string of the molecule is O=S(=O)(NCCc1nn[nH]n1)c1ccccc1C(F)(F)F. The molecule has 11 heteroatoms. The summed E-state index contributed by atoms with van der Waals surface area (Å²) in [5.74, 6) is 0.252. The third kappa shape index (κ3) is 3.76. The van der Waals surface area contributed by atoms with Crippen molar-refractivity contribution in [2.45, 2.75) is 17.5 Å². The molecule has 2 aromatic rings. The van der Waals surface area contributed by atoms with Crippen molar-refractivity contribution in [1.29, 1.82) is 0 Å². The van der Waals surface area contributed by atoms with E-state index in [1.54, 1.807) is 0 Å². The zero-order valence-electron chi connectivity index (χ0n) is 10.4. The maximum atomic E-state index is 12.8. The molecular formula is C10H10F3N5O2S. The van der Waals surface area contributed by atoms with Crippen LogP contribution in [0.1, 0.15) is 11.4 Å². The van der Waals surface area contributed by atoms with Crippen LogP contribution in [0.2, 0.25) is 0 Å². The summed E-state index contributed by atoms with van der Waals surface area (Å²) in [6.45, 7) is -0.145. The van der Waals surface area contributed by atoms with E-state index < -0.39 is 26.7 Å². The minimum Gasteiger partial charge on any atom is -0.211 e. The van der Waals surface area contributed by atoms with E-state index >= 15 is 0 Å². The van der Waals surface area contributed by atoms with Crippen LogP contribution >= 0.6 is 0 Å². The molecule has 0 amide bonds. The number of benzene rings is 1. The molecule has 0 aliphatic heterocycles. The molecule has 0 saturated carbocycles. The van der Waals surface area contributed by atoms with Crippen molar-refractivity contribution in [3.8, 4) is 0 Å². The van der Waals surface area contributed by atoms with E-state index in [4.69, 9.17) is 0 Å². The number of aromatic amines is 1. The van der Waals surface area contributed by atoms with E-state index in [0.717, 1.165) is 12.1 Å². The summed E-state index contributed by atoms with van der Waals surface area (Å²) in [4.78, 5) is -0.814. The molecule has 0 radical (unpaired) electrons. The van der Waals surface area contributed by atoms with Gasteiger partial charge in [-0.15, -0.1) is 10.2 Å². The molecule has 2 N–H and O–H groups in total. The molecule has 1 aromatic carbocycles. The summed E-state index contributed by atoms with van der Waals surface area (Å²) in [6.07, 6.45) is -4.65. The second kappa shape index (κ2) is 5.77. The van der Waals surface area contributed by atoms with Gasteiger partial charge in [0.1, 0.15) is 0 Å². The van der Waals surface area contributed by atoms with Crippen LogP contribution in [-0.4, -0.2) is 35.6 Å². The Hall–Kier alpha value is -2.01. The molecule has 0 unspecified atom stereocenters. The number of nitrogens with zero attached hydrogens (tertiary/aromatic N) is 3. The number of H-pyrrole nitrogens is 1. The van der Waals surface area contributed by atoms with Crippen molar-refractivity contribution in [3.63, 3.8) is 0 Å². The second-order valence-electron chi connectivity index (χ2n) is 3.97. The number of sulfonamides is 1. The maximum absolute atomic E-state index is 12.8. The van der Waals surface area contributed by atoms with E-state index in [-0.39, 0.29) is 18.8 Å². The highest BCUT2D eigenvalue weighted by Gasteiger charge is 2.36. The second-order valence-corrected chi connectivity index (χ2v) is 5.71. The molecule has 1 aromatic heterocycles. The van der Waals surface area contributed by atoms with Gasteiger partial charge in [-0.25, -0.2) is 13.1 Å². The van der Waals surface area contributed by atoms with E-state index in [0.29, 0.717) is 6.07 Å². The Labute approximate surface area is 117 Å². The van der Waals surface area contributed by atoms with E-state index in [9.17, 15) is 21.6 Å². The first-order valence-electron chi connectivity index (χ1n) is 5.69. The van der Waals surface area contributed by atoms with Crippen molar-refractivity contribution in [1.82, 2.24) is 25.3 Å². The Morgan fingerprint density at radius 3 is 2.57 bits per heavy atom. The van der Waals surface area contributed by atoms with Crippen LogP contribution in [0.5, 0.6) is 0 Å². The van der Waals surface area contributed by atoms with Crippen molar-refractivity contribution in [2.75, 3.05) is 6.54 Å². The molecule has 114 valence electrons. The summed E-state index contributed by atoms with van der Waals surface area (Å²) in [7, 11) is -4.28. The highest BCUT2D eigenvalue weighted by Crippen LogP contribution is 2.33. The molecule has 0 spiro atoms. The van der Waals surface area contributed by atoms with Gasteiger partial charge in [0.05, 0.1) is 10.5 Å². The monoisotopic (exact) mass is 321 g/mol. The predicted molar refractivity (Wildman–Crippen MR) is 64.5 cm³/mol. The molecule has 0 fully saturated rings. The standard InChI is InChI=1S/C10H10F3N5O2S/c11-10(12,13)7-3-1-2-4-8(7)21(19,20)14-6-5-9-15-17-18-16-9/h1-4,14H,5-6H2,(H,15,16,17,18). The Kier molecular flexibility index (Phi) is 4.23. The van der Waals surface area contributed by atoms with Gasteiger partial charge in [-0.3, -0.25) is 0 Å². The summed E-state index contributed by atoms with van der Waals surface area (Å²) >= 11 is 0. The molecule has 21 heavy (non-hydrogen) atoms. The average molecular weight is 321 g/mol.